The highest BCUT2D eigenvalue weighted by Gasteiger charge is 2.10. The molecule has 0 bridgehead atoms. The Kier molecular flexibility index (Phi) is 5.47. The van der Waals surface area contributed by atoms with E-state index < -0.39 is 0 Å². The van der Waals surface area contributed by atoms with Crippen LogP contribution >= 0.6 is 23.2 Å². The van der Waals surface area contributed by atoms with Gasteiger partial charge in [-0.2, -0.15) is 0 Å². The summed E-state index contributed by atoms with van der Waals surface area (Å²) in [4.78, 5) is 0. The molecule has 0 unspecified atom stereocenters. The zero-order chi connectivity index (χ0) is 17.8. The molecule has 3 aromatic rings. The number of benzene rings is 3. The molecule has 0 fully saturated rings. The van der Waals surface area contributed by atoms with Crippen LogP contribution in [0, 0.1) is 6.92 Å². The van der Waals surface area contributed by atoms with E-state index in [-0.39, 0.29) is 0 Å². The van der Waals surface area contributed by atoms with E-state index in [2.05, 4.69) is 31.2 Å². The molecule has 1 nitrogen and oxygen atoms in total. The van der Waals surface area contributed by atoms with Gasteiger partial charge in [-0.25, -0.2) is 0 Å². The minimum absolute atomic E-state index is 0.706. The van der Waals surface area contributed by atoms with Crippen molar-refractivity contribution < 1.29 is 0 Å². The van der Waals surface area contributed by atoms with E-state index in [9.17, 15) is 0 Å². The highest BCUT2D eigenvalue weighted by atomic mass is 35.5. The van der Waals surface area contributed by atoms with Crippen LogP contribution in [-0.4, -0.2) is 0 Å². The third kappa shape index (κ3) is 4.45. The Morgan fingerprint density at radius 1 is 0.920 bits per heavy atom. The Morgan fingerprint density at radius 2 is 1.64 bits per heavy atom. The van der Waals surface area contributed by atoms with E-state index in [1.54, 1.807) is 0 Å². The molecular formula is C22H19Cl2N. The Bertz CT molecular complexity index is 929. The summed E-state index contributed by atoms with van der Waals surface area (Å²) in [5.74, 6) is 0. The van der Waals surface area contributed by atoms with Crippen LogP contribution in [0.3, 0.4) is 0 Å². The Morgan fingerprint density at radius 3 is 2.36 bits per heavy atom. The van der Waals surface area contributed by atoms with Crippen LogP contribution in [0.15, 0.2) is 72.8 Å². The molecule has 0 aliphatic heterocycles. The van der Waals surface area contributed by atoms with Crippen LogP contribution in [0.1, 0.15) is 22.3 Å². The number of anilines is 1. The summed E-state index contributed by atoms with van der Waals surface area (Å²) in [5, 5.41) is 1.45. The first-order valence-corrected chi connectivity index (χ1v) is 8.85. The van der Waals surface area contributed by atoms with Gasteiger partial charge in [0.15, 0.2) is 0 Å². The van der Waals surface area contributed by atoms with Crippen LogP contribution in [0.4, 0.5) is 5.69 Å². The number of nitrogen functional groups attached to an aromatic ring is 1. The minimum Gasteiger partial charge on any atom is -0.398 e. The van der Waals surface area contributed by atoms with Crippen LogP contribution in [-0.2, 0) is 6.42 Å². The maximum absolute atomic E-state index is 6.26. The van der Waals surface area contributed by atoms with E-state index >= 15 is 0 Å². The van der Waals surface area contributed by atoms with Gasteiger partial charge in [0.2, 0.25) is 0 Å². The lowest BCUT2D eigenvalue weighted by molar-refractivity contribution is 1.27. The van der Waals surface area contributed by atoms with Crippen molar-refractivity contribution in [3.05, 3.63) is 105 Å². The fourth-order valence-electron chi connectivity index (χ4n) is 2.83. The summed E-state index contributed by atoms with van der Waals surface area (Å²) in [6.07, 6.45) is 2.94. The first-order chi connectivity index (χ1) is 12.0. The average Bonchev–Trinajstić information content (AvgIpc) is 2.58. The second kappa shape index (κ2) is 7.77. The molecule has 0 atom stereocenters. The van der Waals surface area contributed by atoms with Crippen molar-refractivity contribution in [1.82, 2.24) is 0 Å². The van der Waals surface area contributed by atoms with Gasteiger partial charge in [0.1, 0.15) is 0 Å². The smallest absolute Gasteiger partial charge is 0.0412 e. The van der Waals surface area contributed by atoms with E-state index in [1.165, 1.54) is 5.56 Å². The van der Waals surface area contributed by atoms with Gasteiger partial charge in [-0.3, -0.25) is 0 Å². The van der Waals surface area contributed by atoms with E-state index in [1.807, 2.05) is 48.5 Å². The van der Waals surface area contributed by atoms with Crippen LogP contribution in [0.2, 0.25) is 10.0 Å². The lowest BCUT2D eigenvalue weighted by atomic mass is 9.93. The predicted molar refractivity (Wildman–Crippen MR) is 109 cm³/mol. The number of hydrogen-bond acceptors (Lipinski definition) is 1. The molecule has 0 saturated carbocycles. The summed E-state index contributed by atoms with van der Waals surface area (Å²) in [6, 6.07) is 21.8. The van der Waals surface area contributed by atoms with Crippen molar-refractivity contribution in [3.63, 3.8) is 0 Å². The quantitative estimate of drug-likeness (QED) is 0.519. The van der Waals surface area contributed by atoms with Crippen molar-refractivity contribution in [2.24, 2.45) is 0 Å². The molecule has 25 heavy (non-hydrogen) atoms. The van der Waals surface area contributed by atoms with Crippen LogP contribution < -0.4 is 5.73 Å². The lowest BCUT2D eigenvalue weighted by Gasteiger charge is -2.13. The van der Waals surface area contributed by atoms with Gasteiger partial charge in [-0.15, -0.1) is 0 Å². The molecule has 0 heterocycles. The Balaban J connectivity index is 2.08. The summed E-state index contributed by atoms with van der Waals surface area (Å²) in [7, 11) is 0. The fraction of sp³-hybridized carbons (Fsp3) is 0.0909. The van der Waals surface area contributed by atoms with Gasteiger partial charge >= 0.3 is 0 Å². The van der Waals surface area contributed by atoms with E-state index in [4.69, 9.17) is 28.9 Å². The number of nitrogens with two attached hydrogens (primary N) is 1. The summed E-state index contributed by atoms with van der Waals surface area (Å²) >= 11 is 12.3. The maximum atomic E-state index is 6.26. The average molecular weight is 368 g/mol. The van der Waals surface area contributed by atoms with Crippen molar-refractivity contribution in [2.75, 3.05) is 5.73 Å². The topological polar surface area (TPSA) is 26.0 Å². The molecule has 2 N–H and O–H groups in total. The number of hydrogen-bond donors (Lipinski definition) is 1. The Labute approximate surface area is 158 Å². The SMILES string of the molecule is Cc1ccc(N)c(/C(=C/Cc2cccc(Cl)c2)c2cccc(Cl)c2)c1. The third-order valence-electron chi connectivity index (χ3n) is 4.07. The number of allylic oxidation sites excluding steroid dienone is 1. The first kappa shape index (κ1) is 17.6. The van der Waals surface area contributed by atoms with Crippen molar-refractivity contribution in [1.29, 1.82) is 0 Å². The highest BCUT2D eigenvalue weighted by molar-refractivity contribution is 6.31. The zero-order valence-electron chi connectivity index (χ0n) is 14.0. The van der Waals surface area contributed by atoms with E-state index in [0.717, 1.165) is 39.4 Å². The minimum atomic E-state index is 0.706. The van der Waals surface area contributed by atoms with Gasteiger partial charge < -0.3 is 5.73 Å². The summed E-state index contributed by atoms with van der Waals surface area (Å²) < 4.78 is 0. The van der Waals surface area contributed by atoms with E-state index in [0.29, 0.717) is 5.02 Å². The fourth-order valence-corrected chi connectivity index (χ4v) is 3.23. The molecule has 0 saturated heterocycles. The van der Waals surface area contributed by atoms with Crippen LogP contribution in [0.5, 0.6) is 0 Å². The normalized spacial score (nSPS) is 11.6. The van der Waals surface area contributed by atoms with Crippen molar-refractivity contribution in [3.8, 4) is 0 Å². The molecule has 0 spiro atoms. The molecule has 3 heteroatoms. The second-order valence-corrected chi connectivity index (χ2v) is 6.93. The number of halogens is 2. The van der Waals surface area contributed by atoms with Crippen molar-refractivity contribution >= 4 is 34.5 Å². The monoisotopic (exact) mass is 367 g/mol. The van der Waals surface area contributed by atoms with Crippen molar-refractivity contribution in [2.45, 2.75) is 13.3 Å². The first-order valence-electron chi connectivity index (χ1n) is 8.10. The van der Waals surface area contributed by atoms with Crippen LogP contribution in [0.25, 0.3) is 5.57 Å². The molecule has 0 aromatic heterocycles. The lowest BCUT2D eigenvalue weighted by Crippen LogP contribution is -1.97. The summed E-state index contributed by atoms with van der Waals surface area (Å²) in [6.45, 7) is 2.06. The largest absolute Gasteiger partial charge is 0.398 e. The van der Waals surface area contributed by atoms with Gasteiger partial charge in [0.25, 0.3) is 0 Å². The van der Waals surface area contributed by atoms with Gasteiger partial charge in [-0.05, 0) is 66.4 Å². The standard InChI is InChI=1S/C22H19Cl2N/c1-15-8-11-22(25)21(12-15)20(17-5-3-7-19(24)14-17)10-9-16-4-2-6-18(23)13-16/h2-8,10-14H,9,25H2,1H3/b20-10+. The highest BCUT2D eigenvalue weighted by Crippen LogP contribution is 2.31. The molecule has 0 aliphatic carbocycles. The molecular weight excluding hydrogens is 349 g/mol. The van der Waals surface area contributed by atoms with Gasteiger partial charge in [0, 0.05) is 21.3 Å². The Hall–Kier alpha value is -2.22. The van der Waals surface area contributed by atoms with Gasteiger partial charge in [0.05, 0.1) is 0 Å². The number of aryl methyl sites for hydroxylation is 1. The molecule has 0 amide bonds. The molecule has 126 valence electrons. The molecule has 0 radical (unpaired) electrons. The van der Waals surface area contributed by atoms with Gasteiger partial charge in [-0.1, -0.05) is 65.2 Å². The maximum Gasteiger partial charge on any atom is 0.0412 e. The zero-order valence-corrected chi connectivity index (χ0v) is 15.5. The summed E-state index contributed by atoms with van der Waals surface area (Å²) in [5.41, 5.74) is 12.5. The molecule has 0 aliphatic rings. The molecule has 3 aromatic carbocycles. The predicted octanol–water partition coefficient (Wildman–Crippen LogP) is 6.56. The second-order valence-electron chi connectivity index (χ2n) is 6.05. The third-order valence-corrected chi connectivity index (χ3v) is 4.54. The number of rotatable bonds is 4. The molecule has 3 rings (SSSR count).